The second kappa shape index (κ2) is 4.32. The number of aromatic nitrogens is 2. The van der Waals surface area contributed by atoms with Crippen LogP contribution in [0, 0.1) is 23.7 Å². The summed E-state index contributed by atoms with van der Waals surface area (Å²) in [6.45, 7) is -0.000995. The van der Waals surface area contributed by atoms with Crippen LogP contribution in [0.4, 0.5) is 0 Å². The fraction of sp³-hybridized carbons (Fsp3) is 0.800. The van der Waals surface area contributed by atoms with E-state index in [1.807, 2.05) is 12.3 Å². The zero-order valence-corrected chi connectivity index (χ0v) is 11.3. The highest BCUT2D eigenvalue weighted by Gasteiger charge is 2.49. The van der Waals surface area contributed by atoms with Crippen LogP contribution < -0.4 is 5.73 Å². The van der Waals surface area contributed by atoms with Crippen molar-refractivity contribution in [2.75, 3.05) is 6.61 Å². The van der Waals surface area contributed by atoms with E-state index in [2.05, 4.69) is 9.78 Å². The molecule has 104 valence electrons. The van der Waals surface area contributed by atoms with E-state index in [0.717, 1.165) is 29.4 Å². The molecule has 1 atom stereocenters. The number of aliphatic hydroxyl groups excluding tert-OH is 1. The third-order valence-corrected chi connectivity index (χ3v) is 5.74. The maximum Gasteiger partial charge on any atom is 0.0702 e. The molecule has 0 amide bonds. The topological polar surface area (TPSA) is 64.1 Å². The van der Waals surface area contributed by atoms with Gasteiger partial charge in [0, 0.05) is 6.20 Å². The quantitative estimate of drug-likeness (QED) is 0.873. The standard InChI is InChI=1S/C15H23N3O/c16-13(8-19)14-1-2-17-18(14)15-11-4-9-3-10(6-11)7-12(15)5-9/h1-2,9-13,15,19H,3-8,16H2. The Balaban J connectivity index is 1.67. The Morgan fingerprint density at radius 1 is 1.21 bits per heavy atom. The molecule has 1 aromatic rings. The second-order valence-corrected chi connectivity index (χ2v) is 6.91. The third kappa shape index (κ3) is 1.77. The van der Waals surface area contributed by atoms with E-state index < -0.39 is 0 Å². The van der Waals surface area contributed by atoms with Crippen LogP contribution in [0.1, 0.15) is 49.9 Å². The summed E-state index contributed by atoms with van der Waals surface area (Å²) < 4.78 is 2.16. The van der Waals surface area contributed by atoms with E-state index in [9.17, 15) is 5.11 Å². The van der Waals surface area contributed by atoms with Crippen LogP contribution in [0.2, 0.25) is 0 Å². The van der Waals surface area contributed by atoms with Gasteiger partial charge in [0.1, 0.15) is 0 Å². The van der Waals surface area contributed by atoms with Crippen molar-refractivity contribution >= 4 is 0 Å². The molecule has 4 nitrogen and oxygen atoms in total. The predicted octanol–water partition coefficient (Wildman–Crippen LogP) is 1.87. The van der Waals surface area contributed by atoms with Gasteiger partial charge in [0.15, 0.2) is 0 Å². The maximum absolute atomic E-state index is 9.32. The summed E-state index contributed by atoms with van der Waals surface area (Å²) >= 11 is 0. The molecule has 1 aromatic heterocycles. The Bertz CT molecular complexity index is 442. The molecule has 4 fully saturated rings. The van der Waals surface area contributed by atoms with Crippen molar-refractivity contribution in [3.63, 3.8) is 0 Å². The lowest BCUT2D eigenvalue weighted by atomic mass is 9.54. The van der Waals surface area contributed by atoms with Crippen molar-refractivity contribution in [3.05, 3.63) is 18.0 Å². The molecule has 0 spiro atoms. The molecule has 0 saturated heterocycles. The zero-order chi connectivity index (χ0) is 13.0. The van der Waals surface area contributed by atoms with Gasteiger partial charge in [-0.2, -0.15) is 5.10 Å². The van der Waals surface area contributed by atoms with E-state index in [1.54, 1.807) is 0 Å². The fourth-order valence-electron chi connectivity index (χ4n) is 5.26. The van der Waals surface area contributed by atoms with Gasteiger partial charge in [0.2, 0.25) is 0 Å². The van der Waals surface area contributed by atoms with E-state index in [-0.39, 0.29) is 12.6 Å². The minimum Gasteiger partial charge on any atom is -0.394 e. The molecule has 4 aliphatic rings. The summed E-state index contributed by atoms with van der Waals surface area (Å²) in [5.41, 5.74) is 7.04. The summed E-state index contributed by atoms with van der Waals surface area (Å²) in [7, 11) is 0. The molecule has 19 heavy (non-hydrogen) atoms. The first-order chi connectivity index (χ1) is 9.26. The minimum atomic E-state index is -0.292. The van der Waals surface area contributed by atoms with Crippen molar-refractivity contribution in [2.24, 2.45) is 29.4 Å². The molecule has 1 heterocycles. The molecule has 0 aromatic carbocycles. The molecule has 4 aliphatic carbocycles. The summed E-state index contributed by atoms with van der Waals surface area (Å²) in [6, 6.07) is 2.22. The van der Waals surface area contributed by atoms with Crippen LogP contribution in [0.15, 0.2) is 12.3 Å². The van der Waals surface area contributed by atoms with Crippen molar-refractivity contribution < 1.29 is 5.11 Å². The Morgan fingerprint density at radius 3 is 2.42 bits per heavy atom. The molecule has 1 unspecified atom stereocenters. The van der Waals surface area contributed by atoms with Crippen LogP contribution in [0.3, 0.4) is 0 Å². The van der Waals surface area contributed by atoms with Crippen molar-refractivity contribution in [1.29, 1.82) is 0 Å². The first-order valence-electron chi connectivity index (χ1n) is 7.66. The first-order valence-corrected chi connectivity index (χ1v) is 7.66. The number of aliphatic hydroxyl groups is 1. The Labute approximate surface area is 114 Å². The summed E-state index contributed by atoms with van der Waals surface area (Å²) in [6.07, 6.45) is 8.84. The number of nitrogens with two attached hydrogens (primary N) is 1. The van der Waals surface area contributed by atoms with Crippen molar-refractivity contribution in [2.45, 2.75) is 44.2 Å². The highest BCUT2D eigenvalue weighted by molar-refractivity contribution is 5.11. The molecule has 5 rings (SSSR count). The van der Waals surface area contributed by atoms with Crippen LogP contribution >= 0.6 is 0 Å². The summed E-state index contributed by atoms with van der Waals surface area (Å²) in [5.74, 6) is 3.54. The molecule has 4 bridgehead atoms. The lowest BCUT2D eigenvalue weighted by Crippen LogP contribution is -2.46. The highest BCUT2D eigenvalue weighted by Crippen LogP contribution is 2.58. The van der Waals surface area contributed by atoms with Gasteiger partial charge in [-0.1, -0.05) is 0 Å². The first kappa shape index (κ1) is 11.9. The van der Waals surface area contributed by atoms with Gasteiger partial charge >= 0.3 is 0 Å². The minimum absolute atomic E-state index is 0.000995. The molecule has 4 heteroatoms. The van der Waals surface area contributed by atoms with Gasteiger partial charge in [0.05, 0.1) is 24.4 Å². The SMILES string of the molecule is NC(CO)c1ccnn1C1C2CC3CC(C2)CC1C3. The van der Waals surface area contributed by atoms with Gasteiger partial charge in [-0.05, 0) is 61.8 Å². The number of hydrogen-bond donors (Lipinski definition) is 2. The van der Waals surface area contributed by atoms with E-state index >= 15 is 0 Å². The predicted molar refractivity (Wildman–Crippen MR) is 72.3 cm³/mol. The van der Waals surface area contributed by atoms with Crippen LogP contribution in [0.25, 0.3) is 0 Å². The number of rotatable bonds is 3. The monoisotopic (exact) mass is 261 g/mol. The highest BCUT2D eigenvalue weighted by atomic mass is 16.3. The lowest BCUT2D eigenvalue weighted by Gasteiger charge is -2.54. The Morgan fingerprint density at radius 2 is 1.84 bits per heavy atom. The average molecular weight is 261 g/mol. The molecule has 0 aliphatic heterocycles. The van der Waals surface area contributed by atoms with Gasteiger partial charge in [-0.25, -0.2) is 0 Å². The van der Waals surface area contributed by atoms with E-state index in [4.69, 9.17) is 5.73 Å². The van der Waals surface area contributed by atoms with E-state index in [1.165, 1.54) is 32.1 Å². The number of hydrogen-bond acceptors (Lipinski definition) is 3. The zero-order valence-electron chi connectivity index (χ0n) is 11.3. The summed E-state index contributed by atoms with van der Waals surface area (Å²) in [4.78, 5) is 0. The van der Waals surface area contributed by atoms with Gasteiger partial charge in [-0.15, -0.1) is 0 Å². The molecule has 3 N–H and O–H groups in total. The average Bonchev–Trinajstić information content (AvgIpc) is 2.85. The van der Waals surface area contributed by atoms with Gasteiger partial charge in [0.25, 0.3) is 0 Å². The number of nitrogens with zero attached hydrogens (tertiary/aromatic N) is 2. The fourth-order valence-corrected chi connectivity index (χ4v) is 5.26. The van der Waals surface area contributed by atoms with E-state index in [0.29, 0.717) is 6.04 Å². The molecule has 4 saturated carbocycles. The smallest absolute Gasteiger partial charge is 0.0702 e. The van der Waals surface area contributed by atoms with Crippen molar-refractivity contribution in [1.82, 2.24) is 9.78 Å². The lowest BCUT2D eigenvalue weighted by molar-refractivity contribution is -0.0352. The molecular weight excluding hydrogens is 238 g/mol. The van der Waals surface area contributed by atoms with Gasteiger partial charge in [-0.3, -0.25) is 4.68 Å². The maximum atomic E-state index is 9.32. The van der Waals surface area contributed by atoms with Crippen LogP contribution in [-0.4, -0.2) is 21.5 Å². The van der Waals surface area contributed by atoms with Crippen LogP contribution in [-0.2, 0) is 0 Å². The molecule has 0 radical (unpaired) electrons. The van der Waals surface area contributed by atoms with Gasteiger partial charge < -0.3 is 10.8 Å². The summed E-state index contributed by atoms with van der Waals surface area (Å²) in [5, 5.41) is 13.9. The largest absolute Gasteiger partial charge is 0.394 e. The Hall–Kier alpha value is -0.870. The molecular formula is C15H23N3O. The third-order valence-electron chi connectivity index (χ3n) is 5.74. The normalized spacial score (nSPS) is 41.7. The second-order valence-electron chi connectivity index (χ2n) is 6.91. The Kier molecular flexibility index (Phi) is 2.71. The van der Waals surface area contributed by atoms with Crippen LogP contribution in [0.5, 0.6) is 0 Å². The van der Waals surface area contributed by atoms with Crippen molar-refractivity contribution in [3.8, 4) is 0 Å².